The minimum atomic E-state index is -2.98. The minimum absolute atomic E-state index is 0.0793. The molecule has 0 atom stereocenters. The molecule has 0 saturated carbocycles. The average molecular weight is 264 g/mol. The lowest BCUT2D eigenvalue weighted by Gasteiger charge is -2.09. The van der Waals surface area contributed by atoms with Gasteiger partial charge in [0.1, 0.15) is 5.75 Å². The van der Waals surface area contributed by atoms with Gasteiger partial charge in [0.2, 0.25) is 0 Å². The summed E-state index contributed by atoms with van der Waals surface area (Å²) < 4.78 is 28.4. The second-order valence-corrected chi connectivity index (χ2v) is 3.76. The lowest BCUT2D eigenvalue weighted by molar-refractivity contribution is -0.0499. The predicted molar refractivity (Wildman–Crippen MR) is 65.5 cm³/mol. The third-order valence-electron chi connectivity index (χ3n) is 2.53. The minimum Gasteiger partial charge on any atom is -0.478 e. The number of alkyl halides is 2. The highest BCUT2D eigenvalue weighted by molar-refractivity contribution is 5.96. The van der Waals surface area contributed by atoms with Crippen molar-refractivity contribution in [2.75, 3.05) is 0 Å². The van der Waals surface area contributed by atoms with Gasteiger partial charge in [0.25, 0.3) is 0 Å². The highest BCUT2D eigenvalue weighted by Gasteiger charge is 2.14. The first-order chi connectivity index (χ1) is 9.08. The summed E-state index contributed by atoms with van der Waals surface area (Å²) in [6.07, 6.45) is 0. The molecular formula is C14H10F2O3. The van der Waals surface area contributed by atoms with Gasteiger partial charge in [0.15, 0.2) is 0 Å². The summed E-state index contributed by atoms with van der Waals surface area (Å²) in [6.45, 7) is -2.98. The van der Waals surface area contributed by atoms with Crippen LogP contribution < -0.4 is 4.74 Å². The van der Waals surface area contributed by atoms with Gasteiger partial charge in [0, 0.05) is 0 Å². The van der Waals surface area contributed by atoms with Crippen LogP contribution in [0.4, 0.5) is 8.78 Å². The lowest BCUT2D eigenvalue weighted by atomic mass is 9.99. The molecule has 5 heteroatoms. The molecule has 2 aromatic rings. The molecule has 0 aliphatic heterocycles. The topological polar surface area (TPSA) is 46.5 Å². The van der Waals surface area contributed by atoms with E-state index in [-0.39, 0.29) is 11.3 Å². The first-order valence-corrected chi connectivity index (χ1v) is 5.45. The van der Waals surface area contributed by atoms with Crippen molar-refractivity contribution in [2.45, 2.75) is 6.61 Å². The molecular weight excluding hydrogens is 254 g/mol. The monoisotopic (exact) mass is 264 g/mol. The molecule has 0 saturated heterocycles. The zero-order valence-corrected chi connectivity index (χ0v) is 9.72. The summed E-state index contributed by atoms with van der Waals surface area (Å²) in [5.41, 5.74) is 1.07. The molecule has 0 fully saturated rings. The van der Waals surface area contributed by atoms with E-state index in [1.54, 1.807) is 30.3 Å². The van der Waals surface area contributed by atoms with Gasteiger partial charge in [-0.15, -0.1) is 0 Å². The summed E-state index contributed by atoms with van der Waals surface area (Å²) in [5, 5.41) is 9.14. The van der Waals surface area contributed by atoms with Crippen molar-refractivity contribution in [1.82, 2.24) is 0 Å². The molecule has 0 aliphatic rings. The third-order valence-corrected chi connectivity index (χ3v) is 2.53. The van der Waals surface area contributed by atoms with Crippen LogP contribution in [0.5, 0.6) is 5.75 Å². The van der Waals surface area contributed by atoms with Crippen LogP contribution in [-0.2, 0) is 0 Å². The molecule has 0 aromatic heterocycles. The van der Waals surface area contributed by atoms with Crippen molar-refractivity contribution in [1.29, 1.82) is 0 Å². The van der Waals surface area contributed by atoms with Gasteiger partial charge in [-0.2, -0.15) is 8.78 Å². The molecule has 19 heavy (non-hydrogen) atoms. The number of halogens is 2. The van der Waals surface area contributed by atoms with Crippen molar-refractivity contribution < 1.29 is 23.4 Å². The highest BCUT2D eigenvalue weighted by atomic mass is 19.3. The average Bonchev–Trinajstić information content (AvgIpc) is 2.39. The Morgan fingerprint density at radius 1 is 1.11 bits per heavy atom. The molecule has 0 radical (unpaired) electrons. The molecule has 0 unspecified atom stereocenters. The van der Waals surface area contributed by atoms with E-state index in [1.807, 2.05) is 0 Å². The van der Waals surface area contributed by atoms with E-state index >= 15 is 0 Å². The van der Waals surface area contributed by atoms with Gasteiger partial charge >= 0.3 is 12.6 Å². The van der Waals surface area contributed by atoms with E-state index in [4.69, 9.17) is 5.11 Å². The third kappa shape index (κ3) is 3.07. The lowest BCUT2D eigenvalue weighted by Crippen LogP contribution is -2.05. The van der Waals surface area contributed by atoms with E-state index in [0.29, 0.717) is 11.1 Å². The Balaban J connectivity index is 2.47. The Morgan fingerprint density at radius 2 is 1.79 bits per heavy atom. The number of aromatic carboxylic acids is 1. The van der Waals surface area contributed by atoms with E-state index in [9.17, 15) is 13.6 Å². The van der Waals surface area contributed by atoms with E-state index < -0.39 is 12.6 Å². The number of hydrogen-bond donors (Lipinski definition) is 1. The van der Waals surface area contributed by atoms with Crippen LogP contribution >= 0.6 is 0 Å². The fourth-order valence-corrected chi connectivity index (χ4v) is 1.75. The van der Waals surface area contributed by atoms with Crippen LogP contribution in [0.3, 0.4) is 0 Å². The maximum atomic E-state index is 12.1. The van der Waals surface area contributed by atoms with Crippen molar-refractivity contribution in [3.05, 3.63) is 54.1 Å². The molecule has 98 valence electrons. The van der Waals surface area contributed by atoms with Gasteiger partial charge in [-0.1, -0.05) is 30.3 Å². The Hall–Kier alpha value is -2.43. The first kappa shape index (κ1) is 13.0. The van der Waals surface area contributed by atoms with Crippen molar-refractivity contribution >= 4 is 5.97 Å². The number of carboxylic acid groups (broad SMARTS) is 1. The van der Waals surface area contributed by atoms with Gasteiger partial charge in [-0.3, -0.25) is 0 Å². The summed E-state index contributed by atoms with van der Waals surface area (Å²) in [4.78, 5) is 11.2. The molecule has 0 heterocycles. The molecule has 0 amide bonds. The van der Waals surface area contributed by atoms with Crippen molar-refractivity contribution in [2.24, 2.45) is 0 Å². The fourth-order valence-electron chi connectivity index (χ4n) is 1.75. The number of hydrogen-bond acceptors (Lipinski definition) is 2. The van der Waals surface area contributed by atoms with E-state index in [2.05, 4.69) is 4.74 Å². The van der Waals surface area contributed by atoms with Gasteiger partial charge in [-0.25, -0.2) is 4.79 Å². The number of rotatable bonds is 4. The number of benzene rings is 2. The summed E-state index contributed by atoms with van der Waals surface area (Å²) >= 11 is 0. The highest BCUT2D eigenvalue weighted by Crippen LogP contribution is 2.28. The first-order valence-electron chi connectivity index (χ1n) is 5.45. The van der Waals surface area contributed by atoms with Crippen molar-refractivity contribution in [3.63, 3.8) is 0 Å². The summed E-state index contributed by atoms with van der Waals surface area (Å²) in [6, 6.07) is 12.7. The quantitative estimate of drug-likeness (QED) is 0.916. The second-order valence-electron chi connectivity index (χ2n) is 3.76. The molecule has 0 spiro atoms. The SMILES string of the molecule is O=C(O)c1cc(OC(F)F)ccc1-c1ccccc1. The van der Waals surface area contributed by atoms with Crippen LogP contribution in [0, 0.1) is 0 Å². The summed E-state index contributed by atoms with van der Waals surface area (Å²) in [7, 11) is 0. The zero-order valence-electron chi connectivity index (χ0n) is 9.72. The molecule has 0 bridgehead atoms. The Bertz CT molecular complexity index is 582. The van der Waals surface area contributed by atoms with Crippen molar-refractivity contribution in [3.8, 4) is 16.9 Å². The molecule has 1 N–H and O–H groups in total. The fraction of sp³-hybridized carbons (Fsp3) is 0.0714. The normalized spacial score (nSPS) is 10.5. The van der Waals surface area contributed by atoms with Crippen LogP contribution in [0.15, 0.2) is 48.5 Å². The molecule has 0 aliphatic carbocycles. The van der Waals surface area contributed by atoms with Gasteiger partial charge < -0.3 is 9.84 Å². The van der Waals surface area contributed by atoms with E-state index in [0.717, 1.165) is 6.07 Å². The zero-order chi connectivity index (χ0) is 13.8. The molecule has 2 aromatic carbocycles. The number of ether oxygens (including phenoxy) is 1. The Kier molecular flexibility index (Phi) is 3.75. The number of carboxylic acids is 1. The van der Waals surface area contributed by atoms with E-state index in [1.165, 1.54) is 12.1 Å². The van der Waals surface area contributed by atoms with Crippen LogP contribution in [0.2, 0.25) is 0 Å². The van der Waals surface area contributed by atoms with Gasteiger partial charge in [0.05, 0.1) is 5.56 Å². The Morgan fingerprint density at radius 3 is 2.37 bits per heavy atom. The largest absolute Gasteiger partial charge is 0.478 e. The molecule has 2 rings (SSSR count). The standard InChI is InChI=1S/C14H10F2O3/c15-14(16)19-10-6-7-11(12(8-10)13(17)18)9-4-2-1-3-5-9/h1-8,14H,(H,17,18). The Labute approximate surface area is 108 Å². The predicted octanol–water partition coefficient (Wildman–Crippen LogP) is 3.65. The molecule has 3 nitrogen and oxygen atoms in total. The maximum Gasteiger partial charge on any atom is 0.387 e. The maximum absolute atomic E-state index is 12.1. The smallest absolute Gasteiger partial charge is 0.387 e. The van der Waals surface area contributed by atoms with Crippen LogP contribution in [0.1, 0.15) is 10.4 Å². The summed E-state index contributed by atoms with van der Waals surface area (Å²) in [5.74, 6) is -1.37. The van der Waals surface area contributed by atoms with Crippen LogP contribution in [0.25, 0.3) is 11.1 Å². The second kappa shape index (κ2) is 5.48. The van der Waals surface area contributed by atoms with Crippen LogP contribution in [-0.4, -0.2) is 17.7 Å². The number of carbonyl (C=O) groups is 1. The van der Waals surface area contributed by atoms with Gasteiger partial charge in [-0.05, 0) is 29.3 Å².